The molecule has 0 spiro atoms. The van der Waals surface area contributed by atoms with Crippen molar-refractivity contribution < 1.29 is 14.3 Å². The molecule has 0 bridgehead atoms. The van der Waals surface area contributed by atoms with E-state index in [1.54, 1.807) is 48.5 Å². The first-order valence-electron chi connectivity index (χ1n) is 7.45. The topological polar surface area (TPSA) is 46.6 Å². The Morgan fingerprint density at radius 1 is 1.12 bits per heavy atom. The summed E-state index contributed by atoms with van der Waals surface area (Å²) in [7, 11) is 0. The smallest absolute Gasteiger partial charge is 0.298 e. The van der Waals surface area contributed by atoms with Crippen molar-refractivity contribution in [2.75, 3.05) is 11.5 Å². The summed E-state index contributed by atoms with van der Waals surface area (Å²) in [4.78, 5) is 26.3. The highest BCUT2D eigenvalue weighted by Gasteiger charge is 2.36. The number of carbonyl (C=O) groups is 2. The number of benzene rings is 2. The molecule has 1 saturated heterocycles. The molecule has 2 aromatic rings. The van der Waals surface area contributed by atoms with Crippen LogP contribution >= 0.6 is 35.0 Å². The van der Waals surface area contributed by atoms with E-state index in [4.69, 9.17) is 27.9 Å². The van der Waals surface area contributed by atoms with Crippen molar-refractivity contribution in [1.82, 2.24) is 0 Å². The van der Waals surface area contributed by atoms with Gasteiger partial charge in [-0.3, -0.25) is 9.59 Å². The third-order valence-electron chi connectivity index (χ3n) is 3.45. The van der Waals surface area contributed by atoms with Crippen LogP contribution in [0.15, 0.2) is 47.4 Å². The summed E-state index contributed by atoms with van der Waals surface area (Å²) in [6.07, 6.45) is 1.60. The maximum Gasteiger partial charge on any atom is 0.298 e. The molecule has 0 aromatic heterocycles. The van der Waals surface area contributed by atoms with Gasteiger partial charge in [-0.25, -0.2) is 4.90 Å². The Labute approximate surface area is 159 Å². The van der Waals surface area contributed by atoms with Crippen molar-refractivity contribution >= 4 is 57.9 Å². The van der Waals surface area contributed by atoms with Crippen LogP contribution in [0.3, 0.4) is 0 Å². The molecule has 1 heterocycles. The number of carbonyl (C=O) groups excluding carboxylic acids is 2. The van der Waals surface area contributed by atoms with E-state index in [0.29, 0.717) is 38.6 Å². The van der Waals surface area contributed by atoms with E-state index >= 15 is 0 Å². The molecular weight excluding hydrogens is 381 g/mol. The van der Waals surface area contributed by atoms with Gasteiger partial charge in [-0.2, -0.15) is 0 Å². The number of anilines is 1. The molecule has 2 amide bonds. The van der Waals surface area contributed by atoms with Crippen LogP contribution in [0.2, 0.25) is 10.0 Å². The van der Waals surface area contributed by atoms with Gasteiger partial charge in [0, 0.05) is 10.0 Å². The molecule has 0 aliphatic carbocycles. The van der Waals surface area contributed by atoms with Crippen molar-refractivity contribution in [3.8, 4) is 5.75 Å². The lowest BCUT2D eigenvalue weighted by atomic mass is 10.2. The summed E-state index contributed by atoms with van der Waals surface area (Å²) in [5.74, 6) is 0.298. The second-order valence-corrected chi connectivity index (χ2v) is 6.95. The van der Waals surface area contributed by atoms with E-state index in [1.165, 1.54) is 0 Å². The Hall–Kier alpha value is -1.95. The van der Waals surface area contributed by atoms with Gasteiger partial charge in [0.2, 0.25) is 0 Å². The van der Waals surface area contributed by atoms with Crippen LogP contribution in [0, 0.1) is 0 Å². The molecule has 128 valence electrons. The summed E-state index contributed by atoms with van der Waals surface area (Å²) in [6.45, 7) is 2.43. The second-order valence-electron chi connectivity index (χ2n) is 5.11. The molecule has 1 aliphatic rings. The first-order valence-corrected chi connectivity index (χ1v) is 9.02. The molecule has 0 unspecified atom stereocenters. The standard InChI is InChI=1S/C18H13Cl2NO3S/c1-2-24-14-7-5-13(6-8-14)21-17(22)16(25-18(21)23)9-11-3-4-12(19)10-15(11)20/h3-10H,2H2,1H3/b16-9-. The van der Waals surface area contributed by atoms with Gasteiger partial charge in [0.1, 0.15) is 5.75 Å². The molecule has 4 nitrogen and oxygen atoms in total. The number of halogens is 2. The molecule has 1 aliphatic heterocycles. The third-order valence-corrected chi connectivity index (χ3v) is 4.88. The number of rotatable bonds is 4. The molecule has 0 radical (unpaired) electrons. The van der Waals surface area contributed by atoms with Crippen LogP contribution < -0.4 is 9.64 Å². The van der Waals surface area contributed by atoms with Gasteiger partial charge in [-0.15, -0.1) is 0 Å². The maximum atomic E-state index is 12.6. The first kappa shape index (κ1) is 17.9. The van der Waals surface area contributed by atoms with Crippen LogP contribution in [0.1, 0.15) is 12.5 Å². The zero-order valence-electron chi connectivity index (χ0n) is 13.2. The number of hydrogen-bond acceptors (Lipinski definition) is 4. The van der Waals surface area contributed by atoms with Crippen LogP contribution in [-0.2, 0) is 4.79 Å². The van der Waals surface area contributed by atoms with E-state index in [1.807, 2.05) is 6.92 Å². The van der Waals surface area contributed by atoms with Gasteiger partial charge in [0.25, 0.3) is 11.1 Å². The molecule has 0 N–H and O–H groups in total. The maximum absolute atomic E-state index is 12.6. The fraction of sp³-hybridized carbons (Fsp3) is 0.111. The summed E-state index contributed by atoms with van der Waals surface area (Å²) < 4.78 is 5.37. The lowest BCUT2D eigenvalue weighted by Gasteiger charge is -2.13. The van der Waals surface area contributed by atoms with Gasteiger partial charge >= 0.3 is 0 Å². The predicted molar refractivity (Wildman–Crippen MR) is 103 cm³/mol. The number of nitrogens with zero attached hydrogens (tertiary/aromatic N) is 1. The zero-order valence-corrected chi connectivity index (χ0v) is 15.5. The Kier molecular flexibility index (Phi) is 5.37. The molecule has 0 atom stereocenters. The first-order chi connectivity index (χ1) is 12.0. The molecule has 3 rings (SSSR count). The second kappa shape index (κ2) is 7.52. The van der Waals surface area contributed by atoms with E-state index in [2.05, 4.69) is 0 Å². The van der Waals surface area contributed by atoms with Gasteiger partial charge in [-0.05, 0) is 66.7 Å². The van der Waals surface area contributed by atoms with Crippen LogP contribution in [0.5, 0.6) is 5.75 Å². The molecule has 2 aromatic carbocycles. The average Bonchev–Trinajstić information content (AvgIpc) is 2.85. The third kappa shape index (κ3) is 3.84. The van der Waals surface area contributed by atoms with Gasteiger partial charge in [-0.1, -0.05) is 29.3 Å². The van der Waals surface area contributed by atoms with E-state index in [0.717, 1.165) is 16.7 Å². The lowest BCUT2D eigenvalue weighted by Crippen LogP contribution is -2.27. The molecule has 7 heteroatoms. The quantitative estimate of drug-likeness (QED) is 0.631. The summed E-state index contributed by atoms with van der Waals surface area (Å²) in [5.41, 5.74) is 1.12. The number of ether oxygens (including phenoxy) is 1. The summed E-state index contributed by atoms with van der Waals surface area (Å²) in [6, 6.07) is 11.8. The monoisotopic (exact) mass is 393 g/mol. The van der Waals surface area contributed by atoms with Crippen LogP contribution in [-0.4, -0.2) is 17.8 Å². The minimum Gasteiger partial charge on any atom is -0.494 e. The van der Waals surface area contributed by atoms with E-state index < -0.39 is 0 Å². The van der Waals surface area contributed by atoms with Gasteiger partial charge < -0.3 is 4.74 Å². The zero-order chi connectivity index (χ0) is 18.0. The largest absolute Gasteiger partial charge is 0.494 e. The Balaban J connectivity index is 1.88. The molecule has 0 saturated carbocycles. The average molecular weight is 394 g/mol. The predicted octanol–water partition coefficient (Wildman–Crippen LogP) is 5.63. The van der Waals surface area contributed by atoms with Crippen LogP contribution in [0.25, 0.3) is 6.08 Å². The number of hydrogen-bond donors (Lipinski definition) is 0. The fourth-order valence-corrected chi connectivity index (χ4v) is 3.60. The normalized spacial score (nSPS) is 16.0. The Bertz CT molecular complexity index is 865. The highest BCUT2D eigenvalue weighted by atomic mass is 35.5. The highest BCUT2D eigenvalue weighted by molar-refractivity contribution is 8.19. The SMILES string of the molecule is CCOc1ccc(N2C(=O)S/C(=C\c3ccc(Cl)cc3Cl)C2=O)cc1. The van der Waals surface area contributed by atoms with Crippen molar-refractivity contribution in [3.05, 3.63) is 63.0 Å². The highest BCUT2D eigenvalue weighted by Crippen LogP contribution is 2.37. The van der Waals surface area contributed by atoms with Crippen molar-refractivity contribution in [2.24, 2.45) is 0 Å². The Morgan fingerprint density at radius 3 is 2.48 bits per heavy atom. The molecule has 1 fully saturated rings. The van der Waals surface area contributed by atoms with E-state index in [-0.39, 0.29) is 11.1 Å². The Morgan fingerprint density at radius 2 is 1.84 bits per heavy atom. The number of imide groups is 1. The number of thioether (sulfide) groups is 1. The minimum atomic E-state index is -0.384. The number of amides is 2. The fourth-order valence-electron chi connectivity index (χ4n) is 2.31. The lowest BCUT2D eigenvalue weighted by molar-refractivity contribution is -0.113. The summed E-state index contributed by atoms with van der Waals surface area (Å²) >= 11 is 12.9. The molecule has 25 heavy (non-hydrogen) atoms. The van der Waals surface area contributed by atoms with Gasteiger partial charge in [0.15, 0.2) is 0 Å². The van der Waals surface area contributed by atoms with Crippen molar-refractivity contribution in [3.63, 3.8) is 0 Å². The van der Waals surface area contributed by atoms with E-state index in [9.17, 15) is 9.59 Å². The van der Waals surface area contributed by atoms with Gasteiger partial charge in [0.05, 0.1) is 17.2 Å². The van der Waals surface area contributed by atoms with Crippen molar-refractivity contribution in [1.29, 1.82) is 0 Å². The minimum absolute atomic E-state index is 0.308. The van der Waals surface area contributed by atoms with Crippen molar-refractivity contribution in [2.45, 2.75) is 6.92 Å². The van der Waals surface area contributed by atoms with Crippen LogP contribution in [0.4, 0.5) is 10.5 Å². The molecular formula is C18H13Cl2NO3S. The summed E-state index contributed by atoms with van der Waals surface area (Å²) in [5, 5.41) is 0.565.